The molecule has 4 rings (SSSR count). The fourth-order valence-electron chi connectivity index (χ4n) is 4.49. The third-order valence-corrected chi connectivity index (χ3v) is 6.74. The molecule has 41 heavy (non-hydrogen) atoms. The molecule has 1 aromatic heterocycles. The van der Waals surface area contributed by atoms with E-state index in [9.17, 15) is 18.8 Å². The molecule has 9 heteroatoms. The zero-order valence-electron chi connectivity index (χ0n) is 23.3. The Kier molecular flexibility index (Phi) is 10.6. The van der Waals surface area contributed by atoms with Crippen molar-refractivity contribution in [1.29, 1.82) is 0 Å². The van der Waals surface area contributed by atoms with Crippen molar-refractivity contribution < 1.29 is 23.2 Å². The van der Waals surface area contributed by atoms with Crippen molar-refractivity contribution in [2.75, 3.05) is 0 Å². The number of aromatic amines is 1. The lowest BCUT2D eigenvalue weighted by Crippen LogP contribution is -2.32. The van der Waals surface area contributed by atoms with Crippen LogP contribution in [0.4, 0.5) is 8.78 Å². The summed E-state index contributed by atoms with van der Waals surface area (Å²) < 4.78 is 29.9. The van der Waals surface area contributed by atoms with Crippen molar-refractivity contribution in [3.63, 3.8) is 0 Å². The number of aromatic nitrogens is 1. The maximum atomic E-state index is 15.2. The highest BCUT2D eigenvalue weighted by molar-refractivity contribution is 6.30. The van der Waals surface area contributed by atoms with Gasteiger partial charge in [0.15, 0.2) is 0 Å². The van der Waals surface area contributed by atoms with Crippen LogP contribution in [-0.2, 0) is 11.2 Å². The SMILES string of the molecule is CC.CCc1cccc(C(=O)c2[nH]cc(C(=O)NC(CC(N)=O)c3cccc(Cl)c3)c2-c2c(F)ccc(F)c2C)c1. The molecule has 0 aliphatic carbocycles. The molecule has 0 saturated carbocycles. The van der Waals surface area contributed by atoms with Crippen molar-refractivity contribution in [1.82, 2.24) is 10.3 Å². The molecule has 1 unspecified atom stereocenters. The molecule has 0 saturated heterocycles. The summed E-state index contributed by atoms with van der Waals surface area (Å²) in [7, 11) is 0. The number of hydrogen-bond donors (Lipinski definition) is 3. The minimum atomic E-state index is -0.865. The molecule has 6 nitrogen and oxygen atoms in total. The number of amides is 2. The van der Waals surface area contributed by atoms with Crippen LogP contribution in [-0.4, -0.2) is 22.6 Å². The first kappa shape index (κ1) is 31.2. The van der Waals surface area contributed by atoms with Crippen LogP contribution < -0.4 is 11.1 Å². The highest BCUT2D eigenvalue weighted by Crippen LogP contribution is 2.35. The summed E-state index contributed by atoms with van der Waals surface area (Å²) >= 11 is 6.10. The maximum Gasteiger partial charge on any atom is 0.253 e. The van der Waals surface area contributed by atoms with Gasteiger partial charge in [0.1, 0.15) is 11.6 Å². The van der Waals surface area contributed by atoms with Gasteiger partial charge in [0.25, 0.3) is 5.91 Å². The van der Waals surface area contributed by atoms with E-state index >= 15 is 4.39 Å². The van der Waals surface area contributed by atoms with Crippen LogP contribution in [0.1, 0.15) is 76.3 Å². The Morgan fingerprint density at radius 1 is 0.976 bits per heavy atom. The number of aryl methyl sites for hydroxylation is 1. The van der Waals surface area contributed by atoms with Gasteiger partial charge >= 0.3 is 0 Å². The van der Waals surface area contributed by atoms with E-state index in [2.05, 4.69) is 10.3 Å². The van der Waals surface area contributed by atoms with Crippen molar-refractivity contribution in [2.45, 2.75) is 46.6 Å². The fraction of sp³-hybridized carbons (Fsp3) is 0.219. The number of hydrogen-bond acceptors (Lipinski definition) is 3. The van der Waals surface area contributed by atoms with Crippen molar-refractivity contribution in [3.8, 4) is 11.1 Å². The number of benzene rings is 3. The van der Waals surface area contributed by atoms with Crippen LogP contribution in [0.15, 0.2) is 66.9 Å². The third kappa shape index (κ3) is 7.08. The first-order chi connectivity index (χ1) is 19.6. The summed E-state index contributed by atoms with van der Waals surface area (Å²) in [6.07, 6.45) is 1.72. The van der Waals surface area contributed by atoms with Gasteiger partial charge in [0.05, 0.1) is 23.7 Å². The number of ketones is 1. The maximum absolute atomic E-state index is 15.2. The number of H-pyrrole nitrogens is 1. The van der Waals surface area contributed by atoms with Gasteiger partial charge < -0.3 is 16.0 Å². The summed E-state index contributed by atoms with van der Waals surface area (Å²) in [5, 5.41) is 3.12. The first-order valence-corrected chi connectivity index (χ1v) is 13.6. The molecular formula is C32H32ClF2N3O3. The molecule has 0 fully saturated rings. The zero-order chi connectivity index (χ0) is 30.3. The fourth-order valence-corrected chi connectivity index (χ4v) is 4.69. The molecule has 0 radical (unpaired) electrons. The van der Waals surface area contributed by atoms with Crippen molar-refractivity contribution in [2.24, 2.45) is 5.73 Å². The Bertz CT molecular complexity index is 1580. The summed E-state index contributed by atoms with van der Waals surface area (Å²) in [5.74, 6) is -3.39. The molecule has 0 bridgehead atoms. The van der Waals surface area contributed by atoms with Gasteiger partial charge in [-0.1, -0.05) is 62.7 Å². The lowest BCUT2D eigenvalue weighted by molar-refractivity contribution is -0.118. The quantitative estimate of drug-likeness (QED) is 0.184. The minimum Gasteiger partial charge on any atom is -0.370 e. The smallest absolute Gasteiger partial charge is 0.253 e. The monoisotopic (exact) mass is 579 g/mol. The van der Waals surface area contributed by atoms with Gasteiger partial charge in [-0.05, 0) is 60.4 Å². The van der Waals surface area contributed by atoms with Crippen LogP contribution in [0.2, 0.25) is 5.02 Å². The van der Waals surface area contributed by atoms with Gasteiger partial charge in [0.2, 0.25) is 11.7 Å². The molecule has 1 heterocycles. The topological polar surface area (TPSA) is 105 Å². The third-order valence-electron chi connectivity index (χ3n) is 6.51. The van der Waals surface area contributed by atoms with E-state index in [0.29, 0.717) is 22.6 Å². The largest absolute Gasteiger partial charge is 0.370 e. The molecule has 0 aliphatic rings. The molecule has 214 valence electrons. The van der Waals surface area contributed by atoms with Gasteiger partial charge in [-0.2, -0.15) is 0 Å². The summed E-state index contributed by atoms with van der Waals surface area (Å²) in [6, 6.07) is 14.5. The van der Waals surface area contributed by atoms with Gasteiger partial charge in [-0.3, -0.25) is 14.4 Å². The number of carbonyl (C=O) groups is 3. The minimum absolute atomic E-state index is 0.0662. The van der Waals surface area contributed by atoms with E-state index in [4.69, 9.17) is 17.3 Å². The Morgan fingerprint density at radius 3 is 2.32 bits per heavy atom. The number of nitrogens with two attached hydrogens (primary N) is 1. The molecule has 4 aromatic rings. The Morgan fingerprint density at radius 2 is 1.66 bits per heavy atom. The summed E-state index contributed by atoms with van der Waals surface area (Å²) in [4.78, 5) is 41.9. The molecule has 0 spiro atoms. The first-order valence-electron chi connectivity index (χ1n) is 13.2. The van der Waals surface area contributed by atoms with Crippen molar-refractivity contribution in [3.05, 3.63) is 117 Å². The van der Waals surface area contributed by atoms with Crippen LogP contribution in [0.5, 0.6) is 0 Å². The average molecular weight is 580 g/mol. The van der Waals surface area contributed by atoms with E-state index in [-0.39, 0.29) is 34.4 Å². The van der Waals surface area contributed by atoms with Gasteiger partial charge in [0, 0.05) is 27.9 Å². The highest BCUT2D eigenvalue weighted by Gasteiger charge is 2.29. The second-order valence-corrected chi connectivity index (χ2v) is 9.55. The van der Waals surface area contributed by atoms with E-state index in [1.807, 2.05) is 26.8 Å². The lowest BCUT2D eigenvalue weighted by atomic mass is 9.92. The molecule has 4 N–H and O–H groups in total. The Balaban J connectivity index is 0.00000226. The van der Waals surface area contributed by atoms with Crippen LogP contribution in [0, 0.1) is 18.6 Å². The molecule has 2 amide bonds. The summed E-state index contributed by atoms with van der Waals surface area (Å²) in [5.41, 5.74) is 6.64. The van der Waals surface area contributed by atoms with Gasteiger partial charge in [-0.15, -0.1) is 0 Å². The van der Waals surface area contributed by atoms with E-state index in [0.717, 1.165) is 17.7 Å². The van der Waals surface area contributed by atoms with Crippen LogP contribution >= 0.6 is 11.6 Å². The lowest BCUT2D eigenvalue weighted by Gasteiger charge is -2.19. The summed E-state index contributed by atoms with van der Waals surface area (Å²) in [6.45, 7) is 7.32. The number of primary amides is 1. The number of rotatable bonds is 9. The second-order valence-electron chi connectivity index (χ2n) is 9.12. The molecular weight excluding hydrogens is 548 g/mol. The van der Waals surface area contributed by atoms with E-state index < -0.39 is 35.3 Å². The Hall–Kier alpha value is -4.30. The van der Waals surface area contributed by atoms with E-state index in [1.54, 1.807) is 42.5 Å². The average Bonchev–Trinajstić information content (AvgIpc) is 3.40. The van der Waals surface area contributed by atoms with Crippen LogP contribution in [0.25, 0.3) is 11.1 Å². The predicted octanol–water partition coefficient (Wildman–Crippen LogP) is 7.09. The predicted molar refractivity (Wildman–Crippen MR) is 157 cm³/mol. The van der Waals surface area contributed by atoms with Crippen molar-refractivity contribution >= 4 is 29.2 Å². The molecule has 0 aliphatic heterocycles. The number of halogens is 3. The highest BCUT2D eigenvalue weighted by atomic mass is 35.5. The van der Waals surface area contributed by atoms with Crippen LogP contribution in [0.3, 0.4) is 0 Å². The van der Waals surface area contributed by atoms with E-state index in [1.165, 1.54) is 13.1 Å². The standard InChI is InChI=1S/C30H26ClF2N3O3.C2H6/c1-3-17-6-4-8-19(12-17)29(38)28-27(26-16(2)22(32)10-11-23(26)33)21(15-35-28)30(39)36-24(14-25(34)37)18-7-5-9-20(31)13-18;1-2/h4-13,15,24,35H,3,14H2,1-2H3,(H2,34,37)(H,36,39);1-2H3. The number of nitrogens with one attached hydrogen (secondary N) is 2. The number of carbonyl (C=O) groups excluding carboxylic acids is 3. The zero-order valence-corrected chi connectivity index (χ0v) is 24.0. The molecule has 1 atom stereocenters. The normalized spacial score (nSPS) is 11.3. The second kappa shape index (κ2) is 13.9. The molecule has 3 aromatic carbocycles. The Labute approximate surface area is 242 Å². The van der Waals surface area contributed by atoms with Gasteiger partial charge in [-0.25, -0.2) is 8.78 Å².